The van der Waals surface area contributed by atoms with Gasteiger partial charge in [0, 0.05) is 5.41 Å². The predicted molar refractivity (Wildman–Crippen MR) is 78.1 cm³/mol. The van der Waals surface area contributed by atoms with Crippen LogP contribution in [0.25, 0.3) is 5.53 Å². The molecule has 0 aromatic heterocycles. The number of hydrogen-bond donors (Lipinski definition) is 0. The molecule has 3 nitrogen and oxygen atoms in total. The standard InChI is InChI=1S/C16H28N2O/c1-5-12-7-6-8-13(11-12)9-10-14(18-17)15(19)16(2,3)4/h12-13H,5-11H2,1-4H3. The average Bonchev–Trinajstić information content (AvgIpc) is 2.38. The Hall–Kier alpha value is -0.950. The first-order valence-electron chi connectivity index (χ1n) is 7.64. The van der Waals surface area contributed by atoms with Crippen LogP contribution in [0.3, 0.4) is 0 Å². The fourth-order valence-corrected chi connectivity index (χ4v) is 3.02. The molecule has 2 unspecified atom stereocenters. The van der Waals surface area contributed by atoms with Gasteiger partial charge in [-0.15, -0.1) is 0 Å². The summed E-state index contributed by atoms with van der Waals surface area (Å²) in [5, 5.41) is 0. The van der Waals surface area contributed by atoms with Crippen molar-refractivity contribution in [3.05, 3.63) is 5.53 Å². The zero-order valence-electron chi connectivity index (χ0n) is 12.9. The van der Waals surface area contributed by atoms with Gasteiger partial charge in [0.15, 0.2) is 0 Å². The van der Waals surface area contributed by atoms with Crippen molar-refractivity contribution in [1.82, 2.24) is 0 Å². The summed E-state index contributed by atoms with van der Waals surface area (Å²) in [4.78, 5) is 15.3. The average molecular weight is 264 g/mol. The van der Waals surface area contributed by atoms with E-state index in [0.29, 0.717) is 18.1 Å². The molecule has 0 aromatic rings. The number of rotatable bonds is 5. The van der Waals surface area contributed by atoms with E-state index in [2.05, 4.69) is 11.7 Å². The molecule has 0 aromatic carbocycles. The van der Waals surface area contributed by atoms with Gasteiger partial charge in [0.1, 0.15) is 0 Å². The van der Waals surface area contributed by atoms with Crippen LogP contribution in [0.2, 0.25) is 0 Å². The molecule has 0 saturated heterocycles. The van der Waals surface area contributed by atoms with Gasteiger partial charge in [0.05, 0.1) is 6.42 Å². The van der Waals surface area contributed by atoms with E-state index in [1.165, 1.54) is 32.1 Å². The Morgan fingerprint density at radius 1 is 1.26 bits per heavy atom. The van der Waals surface area contributed by atoms with Crippen LogP contribution >= 0.6 is 0 Å². The Morgan fingerprint density at radius 3 is 2.42 bits per heavy atom. The molecule has 1 saturated carbocycles. The zero-order chi connectivity index (χ0) is 14.5. The number of carbonyl (C=O) groups is 1. The first-order valence-corrected chi connectivity index (χ1v) is 7.64. The molecule has 108 valence electrons. The van der Waals surface area contributed by atoms with E-state index in [0.717, 1.165) is 12.3 Å². The van der Waals surface area contributed by atoms with Gasteiger partial charge in [-0.1, -0.05) is 53.4 Å². The molecule has 0 bridgehead atoms. The van der Waals surface area contributed by atoms with E-state index in [4.69, 9.17) is 5.53 Å². The lowest BCUT2D eigenvalue weighted by Crippen LogP contribution is -2.30. The number of hydrogen-bond acceptors (Lipinski definition) is 1. The highest BCUT2D eigenvalue weighted by Gasteiger charge is 2.32. The Morgan fingerprint density at radius 2 is 1.89 bits per heavy atom. The van der Waals surface area contributed by atoms with Crippen molar-refractivity contribution in [3.63, 3.8) is 0 Å². The maximum absolute atomic E-state index is 12.1. The van der Waals surface area contributed by atoms with E-state index in [-0.39, 0.29) is 5.78 Å². The quantitative estimate of drug-likeness (QED) is 0.415. The van der Waals surface area contributed by atoms with Crippen molar-refractivity contribution in [1.29, 1.82) is 0 Å². The maximum atomic E-state index is 12.1. The Balaban J connectivity index is 2.51. The van der Waals surface area contributed by atoms with E-state index < -0.39 is 5.41 Å². The molecule has 0 radical (unpaired) electrons. The summed E-state index contributed by atoms with van der Waals surface area (Å²) >= 11 is 0. The minimum absolute atomic E-state index is 0.0298. The van der Waals surface area contributed by atoms with E-state index in [9.17, 15) is 4.79 Å². The van der Waals surface area contributed by atoms with Gasteiger partial charge >= 0.3 is 5.71 Å². The highest BCUT2D eigenvalue weighted by Crippen LogP contribution is 2.33. The third kappa shape index (κ3) is 4.91. The second-order valence-corrected chi connectivity index (χ2v) is 6.97. The van der Waals surface area contributed by atoms with Crippen molar-refractivity contribution < 1.29 is 9.58 Å². The first-order chi connectivity index (χ1) is 8.88. The van der Waals surface area contributed by atoms with Crippen LogP contribution < -0.4 is 0 Å². The van der Waals surface area contributed by atoms with Crippen LogP contribution in [-0.4, -0.2) is 16.3 Å². The molecule has 0 heterocycles. The summed E-state index contributed by atoms with van der Waals surface area (Å²) in [6.45, 7) is 7.87. The Labute approximate surface area is 117 Å². The zero-order valence-corrected chi connectivity index (χ0v) is 12.9. The van der Waals surface area contributed by atoms with Crippen LogP contribution in [0.4, 0.5) is 0 Å². The van der Waals surface area contributed by atoms with Crippen molar-refractivity contribution in [2.24, 2.45) is 17.3 Å². The van der Waals surface area contributed by atoms with E-state index >= 15 is 0 Å². The van der Waals surface area contributed by atoms with Gasteiger partial charge in [-0.2, -0.15) is 4.79 Å². The largest absolute Gasteiger partial charge is 0.361 e. The Bertz CT molecular complexity index is 361. The van der Waals surface area contributed by atoms with Gasteiger partial charge in [-0.25, -0.2) is 0 Å². The second kappa shape index (κ2) is 7.00. The summed E-state index contributed by atoms with van der Waals surface area (Å²) < 4.78 is 0. The smallest absolute Gasteiger partial charge is 0.334 e. The lowest BCUT2D eigenvalue weighted by atomic mass is 9.77. The van der Waals surface area contributed by atoms with Crippen LogP contribution in [0.15, 0.2) is 0 Å². The van der Waals surface area contributed by atoms with Gasteiger partial charge < -0.3 is 5.53 Å². The van der Waals surface area contributed by atoms with Crippen molar-refractivity contribution in [2.75, 3.05) is 0 Å². The summed E-state index contributed by atoms with van der Waals surface area (Å²) in [6.07, 6.45) is 8.07. The Kier molecular flexibility index (Phi) is 5.93. The maximum Gasteiger partial charge on any atom is 0.334 e. The summed E-state index contributed by atoms with van der Waals surface area (Å²) in [5.41, 5.74) is 8.95. The molecule has 19 heavy (non-hydrogen) atoms. The van der Waals surface area contributed by atoms with Crippen molar-refractivity contribution in [3.8, 4) is 0 Å². The topological polar surface area (TPSA) is 53.5 Å². The van der Waals surface area contributed by atoms with Crippen LogP contribution in [0.5, 0.6) is 0 Å². The molecule has 1 aliphatic rings. The van der Waals surface area contributed by atoms with E-state index in [1.54, 1.807) is 0 Å². The fraction of sp³-hybridized carbons (Fsp3) is 0.875. The molecule has 1 rings (SSSR count). The number of ketones is 1. The second-order valence-electron chi connectivity index (χ2n) is 6.97. The van der Waals surface area contributed by atoms with Gasteiger partial charge in [0.25, 0.3) is 0 Å². The molecule has 2 atom stereocenters. The molecule has 1 fully saturated rings. The van der Waals surface area contributed by atoms with Crippen LogP contribution in [0.1, 0.15) is 72.6 Å². The molecule has 0 aliphatic heterocycles. The third-order valence-corrected chi connectivity index (χ3v) is 4.32. The molecule has 3 heteroatoms. The van der Waals surface area contributed by atoms with Crippen molar-refractivity contribution in [2.45, 2.75) is 72.6 Å². The molecule has 1 aliphatic carbocycles. The summed E-state index contributed by atoms with van der Waals surface area (Å²) in [7, 11) is 0. The van der Waals surface area contributed by atoms with Gasteiger partial charge in [-0.3, -0.25) is 4.79 Å². The van der Waals surface area contributed by atoms with Crippen LogP contribution in [0, 0.1) is 17.3 Å². The number of carbonyl (C=O) groups excluding carboxylic acids is 1. The minimum Gasteiger partial charge on any atom is -0.361 e. The third-order valence-electron chi connectivity index (χ3n) is 4.32. The predicted octanol–water partition coefficient (Wildman–Crippen LogP) is 4.27. The fourth-order valence-electron chi connectivity index (χ4n) is 3.02. The monoisotopic (exact) mass is 264 g/mol. The molecule has 0 N–H and O–H groups in total. The summed E-state index contributed by atoms with van der Waals surface area (Å²) in [6, 6.07) is 0. The lowest BCUT2D eigenvalue weighted by molar-refractivity contribution is -0.124. The number of Topliss-reactive ketones (excluding diaryl/α,β-unsaturated/α-hetero) is 1. The van der Waals surface area contributed by atoms with Crippen LogP contribution in [-0.2, 0) is 4.79 Å². The molecular weight excluding hydrogens is 236 g/mol. The minimum atomic E-state index is -0.458. The summed E-state index contributed by atoms with van der Waals surface area (Å²) in [5.74, 6) is 1.52. The number of nitrogens with zero attached hydrogens (tertiary/aromatic N) is 2. The van der Waals surface area contributed by atoms with Crippen molar-refractivity contribution >= 4 is 11.5 Å². The SMILES string of the molecule is CCC1CCCC(CCC(=[N+]=[N-])C(=O)C(C)(C)C)C1. The molecule has 0 spiro atoms. The molecular formula is C16H28N2O. The lowest BCUT2D eigenvalue weighted by Gasteiger charge is -2.28. The first kappa shape index (κ1) is 16.1. The highest BCUT2D eigenvalue weighted by atomic mass is 16.1. The normalized spacial score (nSPS) is 23.8. The highest BCUT2D eigenvalue weighted by molar-refractivity contribution is 6.39. The van der Waals surface area contributed by atoms with Gasteiger partial charge in [0.2, 0.25) is 5.78 Å². The van der Waals surface area contributed by atoms with Gasteiger partial charge in [-0.05, 0) is 24.7 Å². The molecule has 0 amide bonds. The van der Waals surface area contributed by atoms with E-state index in [1.807, 2.05) is 20.8 Å².